The third-order valence-electron chi connectivity index (χ3n) is 7.01. The molecule has 0 spiro atoms. The molecular formula is C28H33OP. The molecule has 0 aliphatic carbocycles. The van der Waals surface area contributed by atoms with Crippen LogP contribution in [0.25, 0.3) is 0 Å². The SMILES string of the molecule is Cc1c(C)c(C)c2c(c1C)CCC(C)(CCP(c1ccccc1)c1ccccc1)O2. The Hall–Kier alpha value is -2.11. The predicted octanol–water partition coefficient (Wildman–Crippen LogP) is 6.53. The molecule has 3 aromatic rings. The number of ether oxygens (including phenoxy) is 1. The monoisotopic (exact) mass is 416 g/mol. The van der Waals surface area contributed by atoms with Crippen molar-refractivity contribution in [3.8, 4) is 5.75 Å². The average Bonchev–Trinajstić information content (AvgIpc) is 2.78. The molecule has 1 aliphatic heterocycles. The maximum atomic E-state index is 6.80. The van der Waals surface area contributed by atoms with Crippen LogP contribution in [0.5, 0.6) is 5.75 Å². The number of rotatable bonds is 5. The first-order valence-corrected chi connectivity index (χ1v) is 12.6. The molecule has 4 rings (SSSR count). The number of hydrogen-bond donors (Lipinski definition) is 0. The largest absolute Gasteiger partial charge is 0.487 e. The van der Waals surface area contributed by atoms with Gasteiger partial charge in [-0.3, -0.25) is 0 Å². The summed E-state index contributed by atoms with van der Waals surface area (Å²) in [7, 11) is -0.380. The molecule has 0 saturated heterocycles. The van der Waals surface area contributed by atoms with Crippen LogP contribution in [0.15, 0.2) is 60.7 Å². The van der Waals surface area contributed by atoms with E-state index < -0.39 is 0 Å². The summed E-state index contributed by atoms with van der Waals surface area (Å²) < 4.78 is 6.80. The summed E-state index contributed by atoms with van der Waals surface area (Å²) in [5.41, 5.74) is 6.89. The van der Waals surface area contributed by atoms with Gasteiger partial charge in [-0.25, -0.2) is 0 Å². The predicted molar refractivity (Wildman–Crippen MR) is 131 cm³/mol. The van der Waals surface area contributed by atoms with Crippen LogP contribution in [0.4, 0.5) is 0 Å². The summed E-state index contributed by atoms with van der Waals surface area (Å²) in [5.74, 6) is 1.16. The third kappa shape index (κ3) is 4.06. The van der Waals surface area contributed by atoms with E-state index in [-0.39, 0.29) is 13.5 Å². The number of fused-ring (bicyclic) bond motifs is 1. The van der Waals surface area contributed by atoms with Crippen LogP contribution in [0, 0.1) is 27.7 Å². The molecule has 0 saturated carbocycles. The van der Waals surface area contributed by atoms with Crippen molar-refractivity contribution < 1.29 is 4.74 Å². The fraction of sp³-hybridized carbons (Fsp3) is 0.357. The Kier molecular flexibility index (Phi) is 6.03. The third-order valence-corrected chi connectivity index (χ3v) is 9.52. The summed E-state index contributed by atoms with van der Waals surface area (Å²) in [5, 5.41) is 2.91. The Balaban J connectivity index is 1.60. The number of benzene rings is 3. The van der Waals surface area contributed by atoms with Gasteiger partial charge in [0.2, 0.25) is 0 Å². The molecule has 1 nitrogen and oxygen atoms in total. The number of hydrogen-bond acceptors (Lipinski definition) is 1. The summed E-state index contributed by atoms with van der Waals surface area (Å²) >= 11 is 0. The first kappa shape index (κ1) is 21.1. The van der Waals surface area contributed by atoms with E-state index in [2.05, 4.69) is 95.3 Å². The summed E-state index contributed by atoms with van der Waals surface area (Å²) in [6.07, 6.45) is 4.44. The van der Waals surface area contributed by atoms with Crippen molar-refractivity contribution in [3.63, 3.8) is 0 Å². The molecule has 156 valence electrons. The molecule has 2 heteroatoms. The zero-order valence-corrected chi connectivity index (χ0v) is 19.9. The smallest absolute Gasteiger partial charge is 0.126 e. The lowest BCUT2D eigenvalue weighted by molar-refractivity contribution is 0.0610. The van der Waals surface area contributed by atoms with Crippen LogP contribution < -0.4 is 15.3 Å². The molecular weight excluding hydrogens is 383 g/mol. The molecule has 0 bridgehead atoms. The van der Waals surface area contributed by atoms with E-state index in [1.165, 1.54) is 38.4 Å². The Morgan fingerprint density at radius 3 is 1.87 bits per heavy atom. The van der Waals surface area contributed by atoms with Crippen LogP contribution >= 0.6 is 7.92 Å². The fourth-order valence-corrected chi connectivity index (χ4v) is 7.20. The van der Waals surface area contributed by atoms with E-state index in [1.807, 2.05) is 0 Å². The molecule has 30 heavy (non-hydrogen) atoms. The van der Waals surface area contributed by atoms with Gasteiger partial charge in [0.1, 0.15) is 11.4 Å². The zero-order chi connectivity index (χ0) is 21.3. The second-order valence-corrected chi connectivity index (χ2v) is 11.3. The second-order valence-electron chi connectivity index (χ2n) is 8.93. The molecule has 0 N–H and O–H groups in total. The van der Waals surface area contributed by atoms with Crippen LogP contribution in [-0.2, 0) is 6.42 Å². The van der Waals surface area contributed by atoms with Gasteiger partial charge in [0.05, 0.1) is 0 Å². The maximum absolute atomic E-state index is 6.80. The molecule has 1 atom stereocenters. The van der Waals surface area contributed by atoms with E-state index in [4.69, 9.17) is 4.74 Å². The molecule has 1 heterocycles. The molecule has 3 aromatic carbocycles. The van der Waals surface area contributed by atoms with Gasteiger partial charge in [0.15, 0.2) is 0 Å². The van der Waals surface area contributed by atoms with E-state index >= 15 is 0 Å². The van der Waals surface area contributed by atoms with Gasteiger partial charge in [0, 0.05) is 0 Å². The highest BCUT2D eigenvalue weighted by molar-refractivity contribution is 7.73. The molecule has 1 unspecified atom stereocenters. The first-order chi connectivity index (χ1) is 14.4. The van der Waals surface area contributed by atoms with Gasteiger partial charge in [-0.2, -0.15) is 0 Å². The Bertz CT molecular complexity index is 986. The van der Waals surface area contributed by atoms with E-state index in [9.17, 15) is 0 Å². The van der Waals surface area contributed by atoms with Gasteiger partial charge >= 0.3 is 0 Å². The van der Waals surface area contributed by atoms with Crippen LogP contribution in [0.1, 0.15) is 47.6 Å². The van der Waals surface area contributed by atoms with E-state index in [0.29, 0.717) is 0 Å². The van der Waals surface area contributed by atoms with Crippen molar-refractivity contribution in [1.82, 2.24) is 0 Å². The van der Waals surface area contributed by atoms with E-state index in [1.54, 1.807) is 0 Å². The van der Waals surface area contributed by atoms with Crippen molar-refractivity contribution in [2.24, 2.45) is 0 Å². The van der Waals surface area contributed by atoms with Crippen LogP contribution in [-0.4, -0.2) is 11.8 Å². The lowest BCUT2D eigenvalue weighted by Gasteiger charge is -2.39. The maximum Gasteiger partial charge on any atom is 0.126 e. The molecule has 0 fully saturated rings. The minimum absolute atomic E-state index is 0.101. The Labute approximate surface area is 183 Å². The molecule has 1 aliphatic rings. The lowest BCUT2D eigenvalue weighted by Crippen LogP contribution is -2.38. The molecule has 0 aromatic heterocycles. The Morgan fingerprint density at radius 1 is 0.767 bits per heavy atom. The standard InChI is InChI=1S/C28H33OP/c1-20-21(2)23(4)27-26(22(20)3)16-17-28(5,29-27)18-19-30(24-12-8-6-9-13-24)25-14-10-7-11-15-25/h6-15H,16-19H2,1-5H3. The highest BCUT2D eigenvalue weighted by atomic mass is 31.1. The minimum atomic E-state index is -0.380. The zero-order valence-electron chi connectivity index (χ0n) is 19.0. The van der Waals surface area contributed by atoms with Gasteiger partial charge in [-0.05, 0) is 106 Å². The van der Waals surface area contributed by atoms with Crippen molar-refractivity contribution in [2.45, 2.75) is 59.5 Å². The Morgan fingerprint density at radius 2 is 1.30 bits per heavy atom. The highest BCUT2D eigenvalue weighted by Crippen LogP contribution is 2.44. The first-order valence-electron chi connectivity index (χ1n) is 11.1. The molecule has 0 amide bonds. The van der Waals surface area contributed by atoms with Crippen molar-refractivity contribution in [1.29, 1.82) is 0 Å². The van der Waals surface area contributed by atoms with Crippen molar-refractivity contribution in [3.05, 3.63) is 88.5 Å². The van der Waals surface area contributed by atoms with Crippen LogP contribution in [0.3, 0.4) is 0 Å². The molecule has 0 radical (unpaired) electrons. The van der Waals surface area contributed by atoms with Gasteiger partial charge in [-0.15, -0.1) is 0 Å². The minimum Gasteiger partial charge on any atom is -0.487 e. The normalized spacial score (nSPS) is 18.2. The summed E-state index contributed by atoms with van der Waals surface area (Å²) in [6, 6.07) is 22.0. The lowest BCUT2D eigenvalue weighted by atomic mass is 9.84. The summed E-state index contributed by atoms with van der Waals surface area (Å²) in [4.78, 5) is 0. The van der Waals surface area contributed by atoms with Gasteiger partial charge < -0.3 is 4.74 Å². The highest BCUT2D eigenvalue weighted by Gasteiger charge is 2.34. The van der Waals surface area contributed by atoms with Crippen molar-refractivity contribution in [2.75, 3.05) is 6.16 Å². The van der Waals surface area contributed by atoms with Gasteiger partial charge in [0.25, 0.3) is 0 Å². The average molecular weight is 417 g/mol. The van der Waals surface area contributed by atoms with Crippen LogP contribution in [0.2, 0.25) is 0 Å². The second kappa shape index (κ2) is 8.56. The topological polar surface area (TPSA) is 9.23 Å². The van der Waals surface area contributed by atoms with E-state index in [0.717, 1.165) is 31.2 Å². The quantitative estimate of drug-likeness (QED) is 0.430. The summed E-state index contributed by atoms with van der Waals surface area (Å²) in [6.45, 7) is 11.3. The fourth-order valence-electron chi connectivity index (χ4n) is 4.63. The van der Waals surface area contributed by atoms with Gasteiger partial charge in [-0.1, -0.05) is 60.7 Å². The van der Waals surface area contributed by atoms with Crippen molar-refractivity contribution >= 4 is 18.5 Å².